The average Bonchev–Trinajstić information content (AvgIpc) is 3.50. The molecule has 1 saturated heterocycles. The van der Waals surface area contributed by atoms with Gasteiger partial charge < -0.3 is 20.0 Å². The van der Waals surface area contributed by atoms with Crippen molar-refractivity contribution in [2.24, 2.45) is 0 Å². The molecule has 0 unspecified atom stereocenters. The first kappa shape index (κ1) is 24.9. The first-order valence-electron chi connectivity index (χ1n) is 11.8. The van der Waals surface area contributed by atoms with Crippen LogP contribution in [0.3, 0.4) is 0 Å². The Hall–Kier alpha value is -3.75. The number of rotatable bonds is 7. The van der Waals surface area contributed by atoms with Gasteiger partial charge in [-0.1, -0.05) is 23.7 Å². The molecule has 9 heteroatoms. The number of carbonyl (C=O) groups is 1. The summed E-state index contributed by atoms with van der Waals surface area (Å²) in [6.07, 6.45) is 1.91. The lowest BCUT2D eigenvalue weighted by atomic mass is 10.0. The number of furan rings is 1. The largest absolute Gasteiger partial charge is 0.459 e. The molecule has 2 N–H and O–H groups in total. The van der Waals surface area contributed by atoms with Gasteiger partial charge in [-0.15, -0.1) is 0 Å². The molecule has 1 amide bonds. The molecule has 2 atom stereocenters. The summed E-state index contributed by atoms with van der Waals surface area (Å²) in [5.74, 6) is 0.822. The van der Waals surface area contributed by atoms with Crippen LogP contribution in [0.1, 0.15) is 35.5 Å². The minimum absolute atomic E-state index is 0.172. The summed E-state index contributed by atoms with van der Waals surface area (Å²) in [7, 11) is 0. The van der Waals surface area contributed by atoms with Crippen molar-refractivity contribution in [3.8, 4) is 11.3 Å². The molecule has 1 aliphatic heterocycles. The van der Waals surface area contributed by atoms with Crippen LogP contribution < -0.4 is 10.6 Å². The quantitative estimate of drug-likeness (QED) is 0.266. The molecule has 2 aromatic heterocycles. The number of amides is 1. The standard InChI is InChI=1S/C28H24ClFN4O2S/c1-17-5-6-18(29)16-21(17)23-11-12-24(36-23)27-26(22-4-2-3-14-31-22)33-28(37)34(27)15-13-25(35)32-20-9-7-19(30)8-10-20/h2-12,14,16,26-27H,13,15H2,1H3,(H,32,35)(H,33,37)/t26-,27-/m0/s1. The number of pyridine rings is 1. The van der Waals surface area contributed by atoms with Gasteiger partial charge >= 0.3 is 0 Å². The van der Waals surface area contributed by atoms with Crippen molar-refractivity contribution in [3.05, 3.63) is 107 Å². The number of benzene rings is 2. The molecular formula is C28H24ClFN4O2S. The molecule has 0 aliphatic carbocycles. The predicted molar refractivity (Wildman–Crippen MR) is 146 cm³/mol. The maximum absolute atomic E-state index is 13.2. The number of thiocarbonyl (C=S) groups is 1. The first-order valence-corrected chi connectivity index (χ1v) is 12.6. The molecule has 0 radical (unpaired) electrons. The Morgan fingerprint density at radius 2 is 1.97 bits per heavy atom. The molecule has 2 aromatic carbocycles. The number of nitrogens with zero attached hydrogens (tertiary/aromatic N) is 2. The first-order chi connectivity index (χ1) is 17.9. The third-order valence-corrected chi connectivity index (χ3v) is 6.88. The van der Waals surface area contributed by atoms with E-state index in [0.717, 1.165) is 16.8 Å². The highest BCUT2D eigenvalue weighted by atomic mass is 35.5. The number of halogens is 2. The molecule has 188 valence electrons. The molecule has 1 fully saturated rings. The van der Waals surface area contributed by atoms with Gasteiger partial charge in [0.25, 0.3) is 0 Å². The van der Waals surface area contributed by atoms with Crippen molar-refractivity contribution in [3.63, 3.8) is 0 Å². The van der Waals surface area contributed by atoms with E-state index in [1.54, 1.807) is 6.20 Å². The van der Waals surface area contributed by atoms with E-state index in [1.165, 1.54) is 24.3 Å². The van der Waals surface area contributed by atoms with Crippen LogP contribution in [-0.2, 0) is 4.79 Å². The van der Waals surface area contributed by atoms with Gasteiger partial charge in [-0.2, -0.15) is 0 Å². The van der Waals surface area contributed by atoms with Crippen LogP contribution in [0.25, 0.3) is 11.3 Å². The molecule has 3 heterocycles. The van der Waals surface area contributed by atoms with E-state index in [1.807, 2.05) is 60.4 Å². The van der Waals surface area contributed by atoms with E-state index in [0.29, 0.717) is 33.9 Å². The third kappa shape index (κ3) is 5.50. The summed E-state index contributed by atoms with van der Waals surface area (Å²) in [5, 5.41) is 7.29. The molecule has 6 nitrogen and oxygen atoms in total. The summed E-state index contributed by atoms with van der Waals surface area (Å²) < 4.78 is 19.6. The van der Waals surface area contributed by atoms with Crippen molar-refractivity contribution in [1.82, 2.24) is 15.2 Å². The summed E-state index contributed by atoms with van der Waals surface area (Å²) in [6, 6.07) is 20.3. The third-order valence-electron chi connectivity index (χ3n) is 6.29. The van der Waals surface area contributed by atoms with Crippen LogP contribution in [0.4, 0.5) is 10.1 Å². The molecule has 0 spiro atoms. The highest BCUT2D eigenvalue weighted by Gasteiger charge is 2.41. The number of carbonyl (C=O) groups excluding carboxylic acids is 1. The number of hydrogen-bond acceptors (Lipinski definition) is 4. The second-order valence-electron chi connectivity index (χ2n) is 8.79. The number of anilines is 1. The van der Waals surface area contributed by atoms with Gasteiger partial charge in [-0.3, -0.25) is 9.78 Å². The Morgan fingerprint density at radius 1 is 1.16 bits per heavy atom. The minimum atomic E-state index is -0.360. The summed E-state index contributed by atoms with van der Waals surface area (Å²) in [6.45, 7) is 2.35. The topological polar surface area (TPSA) is 70.4 Å². The Morgan fingerprint density at radius 3 is 2.73 bits per heavy atom. The molecular weight excluding hydrogens is 511 g/mol. The van der Waals surface area contributed by atoms with Gasteiger partial charge in [0, 0.05) is 35.4 Å². The van der Waals surface area contributed by atoms with Crippen LogP contribution in [0.5, 0.6) is 0 Å². The number of nitrogens with one attached hydrogen (secondary N) is 2. The zero-order valence-electron chi connectivity index (χ0n) is 19.9. The molecule has 5 rings (SSSR count). The Labute approximate surface area is 224 Å². The number of hydrogen-bond donors (Lipinski definition) is 2. The zero-order valence-corrected chi connectivity index (χ0v) is 21.5. The maximum atomic E-state index is 13.2. The SMILES string of the molecule is Cc1ccc(Cl)cc1-c1ccc([C@H]2[C@H](c3ccccn3)NC(=S)N2CCC(=O)Nc2ccc(F)cc2)o1. The lowest BCUT2D eigenvalue weighted by Gasteiger charge is -2.25. The van der Waals surface area contributed by atoms with Crippen LogP contribution in [0.2, 0.25) is 5.02 Å². The Bertz CT molecular complexity index is 1430. The fourth-order valence-corrected chi connectivity index (χ4v) is 4.95. The van der Waals surface area contributed by atoms with Crippen molar-refractivity contribution in [1.29, 1.82) is 0 Å². The summed E-state index contributed by atoms with van der Waals surface area (Å²) >= 11 is 11.9. The van der Waals surface area contributed by atoms with E-state index in [2.05, 4.69) is 15.6 Å². The second-order valence-corrected chi connectivity index (χ2v) is 9.61. The molecule has 0 bridgehead atoms. The van der Waals surface area contributed by atoms with E-state index in [9.17, 15) is 9.18 Å². The van der Waals surface area contributed by atoms with Crippen molar-refractivity contribution >= 4 is 40.5 Å². The van der Waals surface area contributed by atoms with Crippen molar-refractivity contribution < 1.29 is 13.6 Å². The maximum Gasteiger partial charge on any atom is 0.226 e. The van der Waals surface area contributed by atoms with Gasteiger partial charge in [0.2, 0.25) is 5.91 Å². The zero-order chi connectivity index (χ0) is 25.9. The van der Waals surface area contributed by atoms with Gasteiger partial charge in [0.15, 0.2) is 5.11 Å². The Kier molecular flexibility index (Phi) is 7.21. The van der Waals surface area contributed by atoms with E-state index >= 15 is 0 Å². The fourth-order valence-electron chi connectivity index (χ4n) is 4.45. The monoisotopic (exact) mass is 534 g/mol. The Balaban J connectivity index is 1.41. The van der Waals surface area contributed by atoms with Crippen LogP contribution >= 0.6 is 23.8 Å². The number of aryl methyl sites for hydroxylation is 1. The summed E-state index contributed by atoms with van der Waals surface area (Å²) in [5.41, 5.74) is 3.29. The van der Waals surface area contributed by atoms with Crippen LogP contribution in [0.15, 0.2) is 83.4 Å². The van der Waals surface area contributed by atoms with Crippen molar-refractivity contribution in [2.45, 2.75) is 25.4 Å². The molecule has 4 aromatic rings. The minimum Gasteiger partial charge on any atom is -0.459 e. The lowest BCUT2D eigenvalue weighted by Crippen LogP contribution is -2.32. The van der Waals surface area contributed by atoms with E-state index in [4.69, 9.17) is 28.2 Å². The van der Waals surface area contributed by atoms with Gasteiger partial charge in [0.1, 0.15) is 23.4 Å². The molecule has 0 saturated carbocycles. The normalized spacial score (nSPS) is 17.1. The second kappa shape index (κ2) is 10.7. The smallest absolute Gasteiger partial charge is 0.226 e. The van der Waals surface area contributed by atoms with E-state index < -0.39 is 0 Å². The summed E-state index contributed by atoms with van der Waals surface area (Å²) in [4.78, 5) is 19.2. The number of aromatic nitrogens is 1. The van der Waals surface area contributed by atoms with Crippen molar-refractivity contribution in [2.75, 3.05) is 11.9 Å². The van der Waals surface area contributed by atoms with Crippen LogP contribution in [-0.4, -0.2) is 27.4 Å². The average molecular weight is 535 g/mol. The van der Waals surface area contributed by atoms with Gasteiger partial charge in [0.05, 0.1) is 11.7 Å². The van der Waals surface area contributed by atoms with Gasteiger partial charge in [-0.05, 0) is 85.4 Å². The molecule has 1 aliphatic rings. The highest BCUT2D eigenvalue weighted by molar-refractivity contribution is 7.80. The predicted octanol–water partition coefficient (Wildman–Crippen LogP) is 6.44. The van der Waals surface area contributed by atoms with Gasteiger partial charge in [-0.25, -0.2) is 4.39 Å². The lowest BCUT2D eigenvalue weighted by molar-refractivity contribution is -0.116. The van der Waals surface area contributed by atoms with Crippen LogP contribution in [0, 0.1) is 12.7 Å². The highest BCUT2D eigenvalue weighted by Crippen LogP contribution is 2.41. The molecule has 37 heavy (non-hydrogen) atoms. The fraction of sp³-hybridized carbons (Fsp3) is 0.179. The van der Waals surface area contributed by atoms with E-state index in [-0.39, 0.29) is 30.2 Å².